The lowest BCUT2D eigenvalue weighted by Crippen LogP contribution is -2.49. The van der Waals surface area contributed by atoms with Crippen LogP contribution in [-0.4, -0.2) is 82.3 Å². The maximum atomic E-state index is 14.7. The monoisotopic (exact) mass is 765 g/mol. The van der Waals surface area contributed by atoms with E-state index >= 15 is 0 Å². The predicted molar refractivity (Wildman–Crippen MR) is 203 cm³/mol. The van der Waals surface area contributed by atoms with E-state index in [4.69, 9.17) is 25.8 Å². The standard InChI is InChI=1S/C39H48ClN5O7S/c1-24-21-53(49,43-36(47)30-20-44(3)41-37(30)51-5)42-35(46)26-9-13-34-32(18-26)45(19-27-8-11-29(27)33(50-4)14-16-38(24,2)48)22-39(23-52-34)15-6-7-25-17-28(40)10-12-31(25)39/h9-10,12-14,16-18,20,24,27,29,33,48H,6-8,11,15,19,21-23H2,1-5H3,(H,42,43,46,47,49)/b16-14-/t24-,27+,29-,33+,38-,39+,53?/m1/s1. The molecule has 0 saturated heterocycles. The number of fused-ring (bicyclic) bond motifs is 4. The quantitative estimate of drug-likeness (QED) is 0.329. The number of aliphatic hydroxyl groups is 1. The van der Waals surface area contributed by atoms with Gasteiger partial charge in [0.15, 0.2) is 0 Å². The highest BCUT2D eigenvalue weighted by atomic mass is 35.5. The fourth-order valence-electron chi connectivity index (χ4n) is 8.40. The Morgan fingerprint density at radius 1 is 1.19 bits per heavy atom. The molecule has 2 aliphatic carbocycles. The minimum absolute atomic E-state index is 0.0303. The number of benzene rings is 2. The molecule has 14 heteroatoms. The minimum atomic E-state index is -3.82. The molecule has 4 aliphatic rings. The molecule has 0 radical (unpaired) electrons. The number of nitrogens with one attached hydrogen (secondary N) is 1. The molecule has 2 amide bonds. The van der Waals surface area contributed by atoms with Gasteiger partial charge in [-0.25, -0.2) is 4.21 Å². The molecule has 3 aromatic rings. The summed E-state index contributed by atoms with van der Waals surface area (Å²) in [5.74, 6) is -1.41. The van der Waals surface area contributed by atoms with Crippen LogP contribution in [0.3, 0.4) is 0 Å². The molecule has 53 heavy (non-hydrogen) atoms. The van der Waals surface area contributed by atoms with E-state index in [1.54, 1.807) is 52.3 Å². The van der Waals surface area contributed by atoms with Crippen molar-refractivity contribution in [1.29, 1.82) is 0 Å². The molecule has 1 spiro atoms. The zero-order chi connectivity index (χ0) is 37.7. The molecule has 3 heterocycles. The van der Waals surface area contributed by atoms with Crippen molar-refractivity contribution in [2.75, 3.05) is 44.6 Å². The van der Waals surface area contributed by atoms with E-state index in [1.807, 2.05) is 12.1 Å². The maximum Gasteiger partial charge on any atom is 0.286 e. The summed E-state index contributed by atoms with van der Waals surface area (Å²) in [4.78, 5) is 30.0. The van der Waals surface area contributed by atoms with E-state index in [2.05, 4.69) is 31.2 Å². The zero-order valence-electron chi connectivity index (χ0n) is 30.8. The zero-order valence-corrected chi connectivity index (χ0v) is 32.4. The van der Waals surface area contributed by atoms with Gasteiger partial charge in [0.05, 0.1) is 36.9 Å². The van der Waals surface area contributed by atoms with Crippen molar-refractivity contribution in [2.45, 2.75) is 63.1 Å². The Hall–Kier alpha value is -3.91. The number of ether oxygens (including phenoxy) is 3. The Bertz CT molecular complexity index is 2070. The number of aryl methyl sites for hydroxylation is 2. The van der Waals surface area contributed by atoms with Gasteiger partial charge in [-0.3, -0.25) is 19.0 Å². The number of carbonyl (C=O) groups excluding carboxylic acids is 2. The fourth-order valence-corrected chi connectivity index (χ4v) is 10.6. The molecular formula is C39H48ClN5O7S. The van der Waals surface area contributed by atoms with Crippen molar-refractivity contribution in [3.63, 3.8) is 0 Å². The molecule has 2 aliphatic heterocycles. The maximum absolute atomic E-state index is 14.7. The predicted octanol–water partition coefficient (Wildman–Crippen LogP) is 5.51. The Kier molecular flexibility index (Phi) is 10.2. The van der Waals surface area contributed by atoms with E-state index in [9.17, 15) is 18.9 Å². The number of anilines is 1. The van der Waals surface area contributed by atoms with Crippen molar-refractivity contribution in [3.8, 4) is 11.6 Å². The largest absolute Gasteiger partial charge is 0.490 e. The lowest BCUT2D eigenvalue weighted by molar-refractivity contribution is 0.0101. The van der Waals surface area contributed by atoms with Crippen LogP contribution in [0.1, 0.15) is 71.4 Å². The van der Waals surface area contributed by atoms with Crippen LogP contribution in [-0.2, 0) is 33.5 Å². The first-order valence-corrected chi connectivity index (χ1v) is 20.2. The van der Waals surface area contributed by atoms with E-state index in [0.717, 1.165) is 37.8 Å². The highest BCUT2D eigenvalue weighted by Crippen LogP contribution is 2.47. The average Bonchev–Trinajstić information content (AvgIpc) is 3.43. The van der Waals surface area contributed by atoms with Crippen LogP contribution in [0.2, 0.25) is 5.02 Å². The summed E-state index contributed by atoms with van der Waals surface area (Å²) in [7, 11) is 0.856. The highest BCUT2D eigenvalue weighted by molar-refractivity contribution is 7.92. The van der Waals surface area contributed by atoms with Crippen molar-refractivity contribution in [2.24, 2.45) is 29.2 Å². The van der Waals surface area contributed by atoms with E-state index in [1.165, 1.54) is 29.1 Å². The van der Waals surface area contributed by atoms with Gasteiger partial charge >= 0.3 is 0 Å². The van der Waals surface area contributed by atoms with Gasteiger partial charge in [0.2, 0.25) is 5.88 Å². The second-order valence-electron chi connectivity index (χ2n) is 15.3. The number of aromatic nitrogens is 2. The molecule has 2 bridgehead atoms. The number of hydrogen-bond acceptors (Lipinski definition) is 9. The van der Waals surface area contributed by atoms with Crippen LogP contribution in [0.4, 0.5) is 5.69 Å². The Balaban J connectivity index is 1.33. The molecule has 2 aromatic carbocycles. The van der Waals surface area contributed by atoms with Gasteiger partial charge in [-0.05, 0) is 92.3 Å². The lowest BCUT2D eigenvalue weighted by Gasteiger charge is -2.46. The smallest absolute Gasteiger partial charge is 0.286 e. The molecule has 7 atom stereocenters. The molecule has 1 unspecified atom stereocenters. The topological polar surface area (TPSA) is 145 Å². The number of amides is 2. The Morgan fingerprint density at radius 2 is 2.00 bits per heavy atom. The summed E-state index contributed by atoms with van der Waals surface area (Å²) < 4.78 is 40.8. The summed E-state index contributed by atoms with van der Waals surface area (Å²) in [6, 6.07) is 11.3. The van der Waals surface area contributed by atoms with Crippen LogP contribution in [0.5, 0.6) is 11.6 Å². The van der Waals surface area contributed by atoms with Crippen molar-refractivity contribution >= 4 is 39.0 Å². The van der Waals surface area contributed by atoms with Crippen molar-refractivity contribution < 1.29 is 33.1 Å². The van der Waals surface area contributed by atoms with Crippen LogP contribution in [0, 0.1) is 17.8 Å². The molecule has 1 fully saturated rings. The molecule has 12 nitrogen and oxygen atoms in total. The van der Waals surface area contributed by atoms with Gasteiger partial charge in [0.25, 0.3) is 11.8 Å². The van der Waals surface area contributed by atoms with Gasteiger partial charge < -0.3 is 24.2 Å². The molecule has 2 N–H and O–H groups in total. The SMILES string of the molecule is COc1nn(C)cc1C(=O)NS1(=O)=NC(=O)c2ccc3c(c2)N(C[C@@H]2CC[C@H]2[C@@H](OC)/C=C\[C@@](C)(O)[C@H](C)C1)C[C@@]1(CCCc2cc(Cl)ccc21)CO3. The third kappa shape index (κ3) is 7.33. The van der Waals surface area contributed by atoms with E-state index < -0.39 is 33.2 Å². The number of methoxy groups -OCH3 is 2. The number of carbonyl (C=O) groups is 2. The summed E-state index contributed by atoms with van der Waals surface area (Å²) in [5, 5.41) is 16.5. The van der Waals surface area contributed by atoms with Gasteiger partial charge in [0, 0.05) is 55.4 Å². The van der Waals surface area contributed by atoms with Gasteiger partial charge in [-0.1, -0.05) is 36.7 Å². The van der Waals surface area contributed by atoms with Crippen LogP contribution in [0.15, 0.2) is 59.1 Å². The minimum Gasteiger partial charge on any atom is -0.490 e. The van der Waals surface area contributed by atoms with Gasteiger partial charge in [0.1, 0.15) is 21.2 Å². The molecular weight excluding hydrogens is 718 g/mol. The third-order valence-corrected chi connectivity index (χ3v) is 13.9. The normalized spacial score (nSPS) is 31.9. The number of nitrogens with zero attached hydrogens (tertiary/aromatic N) is 4. The number of rotatable bonds is 4. The molecule has 284 valence electrons. The van der Waals surface area contributed by atoms with Crippen molar-refractivity contribution in [1.82, 2.24) is 14.5 Å². The molecule has 7 rings (SSSR count). The lowest BCUT2D eigenvalue weighted by atomic mass is 9.68. The Morgan fingerprint density at radius 3 is 2.74 bits per heavy atom. The summed E-state index contributed by atoms with van der Waals surface area (Å²) in [6.45, 7) is 5.15. The molecule has 1 aromatic heterocycles. The second kappa shape index (κ2) is 14.4. The highest BCUT2D eigenvalue weighted by Gasteiger charge is 2.45. The summed E-state index contributed by atoms with van der Waals surface area (Å²) >= 11 is 6.46. The first-order chi connectivity index (χ1) is 25.2. The first kappa shape index (κ1) is 37.4. The van der Waals surface area contributed by atoms with Crippen molar-refractivity contribution in [3.05, 3.63) is 82.0 Å². The van der Waals surface area contributed by atoms with Crippen LogP contribution in [0.25, 0.3) is 0 Å². The van der Waals surface area contributed by atoms with Gasteiger partial charge in [-0.2, -0.15) is 0 Å². The average molecular weight is 766 g/mol. The van der Waals surface area contributed by atoms with Crippen LogP contribution >= 0.6 is 11.6 Å². The number of halogens is 1. The summed E-state index contributed by atoms with van der Waals surface area (Å²) in [5.41, 5.74) is 1.67. The van der Waals surface area contributed by atoms with E-state index in [0.29, 0.717) is 30.5 Å². The Labute approximate surface area is 316 Å². The second-order valence-corrected chi connectivity index (χ2v) is 17.8. The fraction of sp³-hybridized carbons (Fsp3) is 0.513. The first-order valence-electron chi connectivity index (χ1n) is 18.2. The summed E-state index contributed by atoms with van der Waals surface area (Å²) in [6.07, 6.45) is 9.58. The van der Waals surface area contributed by atoms with Gasteiger partial charge in [-0.15, -0.1) is 9.46 Å². The van der Waals surface area contributed by atoms with Crippen LogP contribution < -0.4 is 19.1 Å². The van der Waals surface area contributed by atoms with E-state index in [-0.39, 0.29) is 46.1 Å². The third-order valence-electron chi connectivity index (χ3n) is 11.7. The molecule has 1 saturated carbocycles. The number of hydrogen-bond donors (Lipinski definition) is 2.